The summed E-state index contributed by atoms with van der Waals surface area (Å²) in [5.74, 6) is 0.144. The second-order valence-corrected chi connectivity index (χ2v) is 9.72. The molecule has 2 aliphatic heterocycles. The number of amides is 1. The normalized spacial score (nSPS) is 25.8. The summed E-state index contributed by atoms with van der Waals surface area (Å²) in [6.45, 7) is 5.69. The van der Waals surface area contributed by atoms with Crippen LogP contribution in [0.5, 0.6) is 0 Å². The number of rotatable bonds is 8. The molecule has 3 unspecified atom stereocenters. The number of nitrogens with one attached hydrogen (secondary N) is 1. The lowest BCUT2D eigenvalue weighted by Crippen LogP contribution is -2.45. The molecule has 3 aromatic rings. The van der Waals surface area contributed by atoms with Crippen LogP contribution >= 0.6 is 11.3 Å². The lowest BCUT2D eigenvalue weighted by atomic mass is 10.1. The van der Waals surface area contributed by atoms with E-state index in [1.165, 1.54) is 11.2 Å². The van der Waals surface area contributed by atoms with Gasteiger partial charge in [-0.05, 0) is 24.5 Å². The predicted molar refractivity (Wildman–Crippen MR) is 123 cm³/mol. The van der Waals surface area contributed by atoms with E-state index in [1.54, 1.807) is 22.3 Å². The van der Waals surface area contributed by atoms with Crippen LogP contribution in [0.1, 0.15) is 24.6 Å². The first-order valence-corrected chi connectivity index (χ1v) is 12.1. The first kappa shape index (κ1) is 22.1. The predicted octanol–water partition coefficient (Wildman–Crippen LogP) is 1.82. The molecule has 2 saturated heterocycles. The highest BCUT2D eigenvalue weighted by atomic mass is 32.1. The number of aromatic nitrogens is 4. The molecule has 174 valence electrons. The number of aliphatic hydroxyl groups excluding tert-OH is 1. The van der Waals surface area contributed by atoms with Crippen molar-refractivity contribution in [1.82, 2.24) is 30.0 Å². The van der Waals surface area contributed by atoms with Crippen LogP contribution in [0.25, 0.3) is 10.4 Å². The number of aliphatic hydroxyl groups is 1. The summed E-state index contributed by atoms with van der Waals surface area (Å²) in [5.41, 5.74) is 5.04. The maximum Gasteiger partial charge on any atom is 0.237 e. The van der Waals surface area contributed by atoms with E-state index >= 15 is 0 Å². The third kappa shape index (κ3) is 4.84. The van der Waals surface area contributed by atoms with Crippen LogP contribution in [0.15, 0.2) is 42.4 Å². The van der Waals surface area contributed by atoms with Gasteiger partial charge >= 0.3 is 0 Å². The molecule has 10 heteroatoms. The first-order valence-electron chi connectivity index (χ1n) is 11.2. The lowest BCUT2D eigenvalue weighted by molar-refractivity contribution is -0.126. The smallest absolute Gasteiger partial charge is 0.237 e. The van der Waals surface area contributed by atoms with Gasteiger partial charge in [-0.25, -0.2) is 9.97 Å². The Morgan fingerprint density at radius 2 is 2.18 bits per heavy atom. The molecule has 0 spiro atoms. The fourth-order valence-corrected chi connectivity index (χ4v) is 5.37. The molecule has 2 aliphatic rings. The summed E-state index contributed by atoms with van der Waals surface area (Å²) < 4.78 is 7.72. The minimum absolute atomic E-state index is 0.0116. The van der Waals surface area contributed by atoms with Crippen molar-refractivity contribution in [3.63, 3.8) is 0 Å². The first-order chi connectivity index (χ1) is 16.0. The quantitative estimate of drug-likeness (QED) is 0.486. The number of likely N-dealkylation sites (tertiary alicyclic amines) is 1. The fraction of sp³-hybridized carbons (Fsp3) is 0.478. The van der Waals surface area contributed by atoms with E-state index in [1.807, 2.05) is 29.5 Å². The fourth-order valence-electron chi connectivity index (χ4n) is 4.56. The van der Waals surface area contributed by atoms with Crippen molar-refractivity contribution >= 4 is 17.2 Å². The zero-order valence-corrected chi connectivity index (χ0v) is 19.5. The minimum Gasteiger partial charge on any atom is -0.392 e. The van der Waals surface area contributed by atoms with Crippen molar-refractivity contribution in [1.29, 1.82) is 0 Å². The molecule has 5 atom stereocenters. The van der Waals surface area contributed by atoms with Gasteiger partial charge in [0.2, 0.25) is 5.91 Å². The number of epoxide rings is 1. The Morgan fingerprint density at radius 1 is 1.36 bits per heavy atom. The molecular formula is C23H28N6O3S. The van der Waals surface area contributed by atoms with E-state index in [0.717, 1.165) is 16.8 Å². The summed E-state index contributed by atoms with van der Waals surface area (Å²) in [7, 11) is 0. The van der Waals surface area contributed by atoms with Gasteiger partial charge < -0.3 is 15.2 Å². The van der Waals surface area contributed by atoms with Crippen molar-refractivity contribution in [2.75, 3.05) is 6.54 Å². The molecule has 2 N–H and O–H groups in total. The van der Waals surface area contributed by atoms with Gasteiger partial charge in [-0.1, -0.05) is 31.2 Å². The molecule has 2 aromatic heterocycles. The molecule has 9 nitrogen and oxygen atoms in total. The number of β-amino-alcohol motifs (C(OH)–C–C–N with tert-alkyl or cyclic N) is 1. The van der Waals surface area contributed by atoms with Gasteiger partial charge in [-0.15, -0.1) is 11.3 Å². The largest absolute Gasteiger partial charge is 0.392 e. The van der Waals surface area contributed by atoms with Crippen LogP contribution in [0.3, 0.4) is 0 Å². The van der Waals surface area contributed by atoms with Crippen molar-refractivity contribution in [2.24, 2.45) is 5.92 Å². The Hall–Kier alpha value is -2.66. The number of hydrogen-bond acceptors (Lipinski definition) is 8. The van der Waals surface area contributed by atoms with Gasteiger partial charge in [0.25, 0.3) is 0 Å². The number of hydrogen-bond donors (Lipinski definition) is 2. The van der Waals surface area contributed by atoms with E-state index in [2.05, 4.69) is 39.4 Å². The van der Waals surface area contributed by atoms with Gasteiger partial charge in [0.1, 0.15) is 25.0 Å². The second kappa shape index (κ2) is 9.30. The molecule has 33 heavy (non-hydrogen) atoms. The Bertz CT molecular complexity index is 1090. The Labute approximate surface area is 196 Å². The maximum atomic E-state index is 13.0. The van der Waals surface area contributed by atoms with E-state index in [0.29, 0.717) is 26.1 Å². The molecule has 2 fully saturated rings. The van der Waals surface area contributed by atoms with E-state index < -0.39 is 12.1 Å². The average molecular weight is 469 g/mol. The van der Waals surface area contributed by atoms with Crippen molar-refractivity contribution in [3.05, 3.63) is 53.7 Å². The zero-order valence-electron chi connectivity index (χ0n) is 18.7. The van der Waals surface area contributed by atoms with Crippen LogP contribution in [0.2, 0.25) is 0 Å². The lowest BCUT2D eigenvalue weighted by Gasteiger charge is -2.22. The summed E-state index contributed by atoms with van der Waals surface area (Å²) in [4.78, 5) is 24.4. The SMILES string of the molecule is Cc1ncsc1-c1ccc(CNC(=O)[C@@H]2C[C@@H](O)CN2C2OC2C(C)Cn2cncn2)cc1. The molecule has 1 amide bonds. The highest BCUT2D eigenvalue weighted by Gasteiger charge is 2.53. The molecule has 5 rings (SSSR count). The third-order valence-electron chi connectivity index (χ3n) is 6.38. The number of thiazole rings is 1. The molecule has 0 radical (unpaired) electrons. The van der Waals surface area contributed by atoms with E-state index in [9.17, 15) is 9.90 Å². The maximum absolute atomic E-state index is 13.0. The number of aryl methyl sites for hydroxylation is 1. The van der Waals surface area contributed by atoms with Crippen molar-refractivity contribution in [3.8, 4) is 10.4 Å². The molecule has 4 heterocycles. The molecule has 0 aliphatic carbocycles. The summed E-state index contributed by atoms with van der Waals surface area (Å²) in [6.07, 6.45) is 2.95. The van der Waals surface area contributed by atoms with Crippen LogP contribution in [-0.2, 0) is 22.6 Å². The topological polar surface area (TPSA) is 109 Å². The van der Waals surface area contributed by atoms with Crippen molar-refractivity contribution < 1.29 is 14.6 Å². The number of ether oxygens (including phenoxy) is 1. The third-order valence-corrected chi connectivity index (χ3v) is 7.36. The number of benzene rings is 1. The highest BCUT2D eigenvalue weighted by Crippen LogP contribution is 2.37. The van der Waals surface area contributed by atoms with Gasteiger partial charge in [-0.2, -0.15) is 5.10 Å². The number of carbonyl (C=O) groups is 1. The van der Waals surface area contributed by atoms with Gasteiger partial charge in [-0.3, -0.25) is 14.4 Å². The van der Waals surface area contributed by atoms with Gasteiger partial charge in [0.15, 0.2) is 0 Å². The highest BCUT2D eigenvalue weighted by molar-refractivity contribution is 7.13. The van der Waals surface area contributed by atoms with E-state index in [4.69, 9.17) is 4.74 Å². The summed E-state index contributed by atoms with van der Waals surface area (Å²) in [6, 6.07) is 7.79. The van der Waals surface area contributed by atoms with Crippen LogP contribution in [0, 0.1) is 12.8 Å². The van der Waals surface area contributed by atoms with Crippen LogP contribution in [0.4, 0.5) is 0 Å². The Balaban J connectivity index is 1.16. The molecule has 0 saturated carbocycles. The Kier molecular flexibility index (Phi) is 6.24. The minimum atomic E-state index is -0.529. The van der Waals surface area contributed by atoms with E-state index in [-0.39, 0.29) is 24.2 Å². The Morgan fingerprint density at radius 3 is 2.88 bits per heavy atom. The molecular weight excluding hydrogens is 440 g/mol. The van der Waals surface area contributed by atoms with Crippen LogP contribution in [-0.4, -0.2) is 66.7 Å². The summed E-state index contributed by atoms with van der Waals surface area (Å²) >= 11 is 1.63. The van der Waals surface area contributed by atoms with Gasteiger partial charge in [0, 0.05) is 25.6 Å². The monoisotopic (exact) mass is 468 g/mol. The van der Waals surface area contributed by atoms with Gasteiger partial charge in [0.05, 0.1) is 28.2 Å². The van der Waals surface area contributed by atoms with Crippen LogP contribution < -0.4 is 5.32 Å². The standard InChI is InChI=1S/C23H28N6O3S/c1-14(9-28-12-24-11-27-28)20-23(32-20)29-10-18(30)7-19(29)22(31)25-8-16-3-5-17(6-4-16)21-15(2)26-13-33-21/h3-6,11-14,18-20,23,30H,7-10H2,1-2H3,(H,25,31)/t14?,18-,19+,20?,23?/m1/s1. The van der Waals surface area contributed by atoms with Crippen molar-refractivity contribution in [2.45, 2.75) is 57.8 Å². The second-order valence-electron chi connectivity index (χ2n) is 8.87. The molecule has 1 aromatic carbocycles. The zero-order chi connectivity index (χ0) is 22.9. The molecule has 0 bridgehead atoms. The summed E-state index contributed by atoms with van der Waals surface area (Å²) in [5, 5.41) is 17.4. The number of carbonyl (C=O) groups excluding carboxylic acids is 1. The average Bonchev–Trinajstić information content (AvgIpc) is 3.10. The number of nitrogens with zero attached hydrogens (tertiary/aromatic N) is 5.